The molecule has 0 radical (unpaired) electrons. The van der Waals surface area contributed by atoms with E-state index in [0.717, 1.165) is 29.9 Å². The van der Waals surface area contributed by atoms with Crippen molar-refractivity contribution in [1.29, 1.82) is 0 Å². The summed E-state index contributed by atoms with van der Waals surface area (Å²) in [5.74, 6) is -0.271. The van der Waals surface area contributed by atoms with Crippen LogP contribution in [-0.4, -0.2) is 97.6 Å². The molecule has 3 aliphatic rings. The first-order chi connectivity index (χ1) is 14.2. The third-order valence-electron chi connectivity index (χ3n) is 5.58. The van der Waals surface area contributed by atoms with Crippen LogP contribution in [0.1, 0.15) is 24.6 Å². The number of hydrazone groups is 1. The molecular formula is C18H26N6O4S2. The number of rotatable bonds is 5. The van der Waals surface area contributed by atoms with Crippen LogP contribution in [0, 0.1) is 0 Å². The molecule has 1 saturated heterocycles. The van der Waals surface area contributed by atoms with Crippen molar-refractivity contribution >= 4 is 38.8 Å². The minimum atomic E-state index is -3.72. The third kappa shape index (κ3) is 3.61. The maximum Gasteiger partial charge on any atom is 0.252 e. The number of amides is 1. The largest absolute Gasteiger partial charge is 0.506 e. The van der Waals surface area contributed by atoms with Crippen molar-refractivity contribution in [1.82, 2.24) is 19.5 Å². The number of hydrogen-bond acceptors (Lipinski definition) is 9. The fourth-order valence-electron chi connectivity index (χ4n) is 3.91. The number of aromatic hydroxyl groups is 1. The number of hydrogen-bond donors (Lipinski definition) is 2. The molecule has 0 spiro atoms. The summed E-state index contributed by atoms with van der Waals surface area (Å²) in [6.45, 7) is 4.14. The minimum absolute atomic E-state index is 0.0459. The normalized spacial score (nSPS) is 25.7. The molecule has 10 nitrogen and oxygen atoms in total. The zero-order valence-electron chi connectivity index (χ0n) is 17.2. The van der Waals surface area contributed by atoms with E-state index >= 15 is 0 Å². The van der Waals surface area contributed by atoms with E-state index in [1.54, 1.807) is 12.1 Å². The summed E-state index contributed by atoms with van der Waals surface area (Å²) < 4.78 is 27.5. The van der Waals surface area contributed by atoms with E-state index in [9.17, 15) is 18.3 Å². The molecule has 30 heavy (non-hydrogen) atoms. The Morgan fingerprint density at radius 2 is 1.97 bits per heavy atom. The molecule has 3 aliphatic heterocycles. The molecule has 0 saturated carbocycles. The predicted molar refractivity (Wildman–Crippen MR) is 115 cm³/mol. The number of amidine groups is 1. The van der Waals surface area contributed by atoms with Gasteiger partial charge < -0.3 is 15.3 Å². The summed E-state index contributed by atoms with van der Waals surface area (Å²) in [7, 11) is -0.0285. The van der Waals surface area contributed by atoms with Crippen molar-refractivity contribution in [2.24, 2.45) is 10.1 Å². The molecule has 0 bridgehead atoms. The third-order valence-corrected chi connectivity index (χ3v) is 9.05. The number of carbonyl (C=O) groups excluding carboxylic acids is 1. The number of piperazine rings is 1. The van der Waals surface area contributed by atoms with Crippen LogP contribution in [0.4, 0.5) is 0 Å². The van der Waals surface area contributed by atoms with E-state index in [1.165, 1.54) is 10.4 Å². The summed E-state index contributed by atoms with van der Waals surface area (Å²) >= 11 is 0.927. The molecule has 1 amide bonds. The Labute approximate surface area is 179 Å². The zero-order chi connectivity index (χ0) is 21.6. The number of thiophene rings is 1. The van der Waals surface area contributed by atoms with Crippen LogP contribution in [0.3, 0.4) is 0 Å². The van der Waals surface area contributed by atoms with Crippen molar-refractivity contribution < 1.29 is 18.3 Å². The summed E-state index contributed by atoms with van der Waals surface area (Å²) in [5.41, 5.74) is 0.818. The first kappa shape index (κ1) is 21.2. The maximum absolute atomic E-state index is 13.0. The lowest BCUT2D eigenvalue weighted by Crippen LogP contribution is -2.54. The van der Waals surface area contributed by atoms with Gasteiger partial charge in [-0.3, -0.25) is 14.8 Å². The molecule has 1 aromatic rings. The predicted octanol–water partition coefficient (Wildman–Crippen LogP) is 0.105. The molecule has 2 N–H and O–H groups in total. The second-order valence-corrected chi connectivity index (χ2v) is 11.0. The lowest BCUT2D eigenvalue weighted by atomic mass is 9.99. The van der Waals surface area contributed by atoms with Crippen LogP contribution in [0.25, 0.3) is 0 Å². The van der Waals surface area contributed by atoms with Gasteiger partial charge in [0, 0.05) is 39.3 Å². The minimum Gasteiger partial charge on any atom is -0.506 e. The molecule has 4 heterocycles. The van der Waals surface area contributed by atoms with Gasteiger partial charge in [0.25, 0.3) is 15.9 Å². The van der Waals surface area contributed by atoms with Crippen LogP contribution in [0.2, 0.25) is 0 Å². The van der Waals surface area contributed by atoms with E-state index in [0.29, 0.717) is 26.2 Å². The van der Waals surface area contributed by atoms with E-state index in [1.807, 2.05) is 14.0 Å². The van der Waals surface area contributed by atoms with Crippen molar-refractivity contribution in [3.05, 3.63) is 10.9 Å². The maximum atomic E-state index is 13.0. The number of nitrogens with one attached hydrogen (secondary N) is 1. The zero-order valence-corrected chi connectivity index (χ0v) is 18.8. The summed E-state index contributed by atoms with van der Waals surface area (Å²) in [5, 5.41) is 19.3. The lowest BCUT2D eigenvalue weighted by molar-refractivity contribution is -0.124. The summed E-state index contributed by atoms with van der Waals surface area (Å²) in [6, 6.07) is 0.291. The average molecular weight is 455 g/mol. The number of nitrogens with zero attached hydrogens (tertiary/aromatic N) is 5. The van der Waals surface area contributed by atoms with Crippen molar-refractivity contribution in [2.75, 3.05) is 40.3 Å². The Kier molecular flexibility index (Phi) is 5.60. The molecular weight excluding hydrogens is 428 g/mol. The molecule has 1 aromatic heterocycles. The molecule has 12 heteroatoms. The summed E-state index contributed by atoms with van der Waals surface area (Å²) in [6.07, 6.45) is 1.59. The van der Waals surface area contributed by atoms with Crippen LogP contribution >= 0.6 is 11.3 Å². The topological polar surface area (TPSA) is 118 Å². The van der Waals surface area contributed by atoms with Crippen molar-refractivity contribution in [3.63, 3.8) is 0 Å². The molecule has 164 valence electrons. The van der Waals surface area contributed by atoms with Gasteiger partial charge >= 0.3 is 0 Å². The summed E-state index contributed by atoms with van der Waals surface area (Å²) in [4.78, 5) is 19.7. The van der Waals surface area contributed by atoms with Gasteiger partial charge in [-0.05, 0) is 13.5 Å². The number of carbonyl (C=O) groups is 1. The van der Waals surface area contributed by atoms with Gasteiger partial charge in [-0.25, -0.2) is 8.42 Å². The first-order valence-electron chi connectivity index (χ1n) is 9.93. The molecule has 4 rings (SSSR count). The van der Waals surface area contributed by atoms with Crippen LogP contribution in [0.5, 0.6) is 5.75 Å². The second-order valence-electron chi connectivity index (χ2n) is 7.76. The number of likely N-dealkylation sites (N-methyl/N-ethyl adjacent to an activating group) is 2. The Morgan fingerprint density at radius 3 is 2.63 bits per heavy atom. The van der Waals surface area contributed by atoms with Crippen LogP contribution < -0.4 is 5.32 Å². The number of aliphatic imine (C=N–C) groups is 1. The van der Waals surface area contributed by atoms with E-state index in [2.05, 4.69) is 20.3 Å². The van der Waals surface area contributed by atoms with Gasteiger partial charge in [-0.2, -0.15) is 9.41 Å². The fraction of sp³-hybridized carbons (Fsp3) is 0.611. The Bertz CT molecular complexity index is 1010. The first-order valence-corrected chi connectivity index (χ1v) is 12.2. The highest BCUT2D eigenvalue weighted by Crippen LogP contribution is 2.35. The van der Waals surface area contributed by atoms with Crippen molar-refractivity contribution in [2.45, 2.75) is 36.1 Å². The van der Waals surface area contributed by atoms with E-state index in [-0.39, 0.29) is 26.6 Å². The highest BCUT2D eigenvalue weighted by Gasteiger charge is 2.44. The van der Waals surface area contributed by atoms with Gasteiger partial charge in [0.2, 0.25) is 0 Å². The van der Waals surface area contributed by atoms with Crippen LogP contribution in [0.15, 0.2) is 20.4 Å². The highest BCUT2D eigenvalue weighted by molar-refractivity contribution is 7.91. The Hall–Kier alpha value is -2.02. The Morgan fingerprint density at radius 1 is 1.27 bits per heavy atom. The molecule has 2 atom stereocenters. The number of fused-ring (bicyclic) bond motifs is 1. The fourth-order valence-corrected chi connectivity index (χ4v) is 6.79. The van der Waals surface area contributed by atoms with Gasteiger partial charge in [0.15, 0.2) is 6.04 Å². The van der Waals surface area contributed by atoms with Gasteiger partial charge in [0.1, 0.15) is 26.7 Å². The monoisotopic (exact) mass is 454 g/mol. The second kappa shape index (κ2) is 7.91. The van der Waals surface area contributed by atoms with Crippen molar-refractivity contribution in [3.8, 4) is 5.75 Å². The smallest absolute Gasteiger partial charge is 0.252 e. The molecule has 1 fully saturated rings. The SMILES string of the molecule is CCCC1=NN(C)C2C(=O)NC(c3sc(S(=O)(=O)N4CCN(C)CC4)cc3O)=NC12. The molecule has 0 aliphatic carbocycles. The molecule has 2 unspecified atom stereocenters. The van der Waals surface area contributed by atoms with Gasteiger partial charge in [0.05, 0.1) is 5.71 Å². The van der Waals surface area contributed by atoms with E-state index in [4.69, 9.17) is 0 Å². The molecule has 0 aromatic carbocycles. The standard InChI is InChI=1S/C18H26N6O4S2/c1-4-5-11-14-15(23(3)21-11)18(26)20-17(19-14)16-12(25)10-13(29-16)30(27,28)24-8-6-22(2)7-9-24/h10,14-15,25H,4-9H2,1-3H3,(H,19,20,26). The van der Waals surface area contributed by atoms with Gasteiger partial charge in [-0.15, -0.1) is 11.3 Å². The quantitative estimate of drug-likeness (QED) is 0.652. The van der Waals surface area contributed by atoms with E-state index < -0.39 is 22.1 Å². The highest BCUT2D eigenvalue weighted by atomic mass is 32.2. The Balaban J connectivity index is 1.65. The number of sulfonamides is 1. The average Bonchev–Trinajstić information content (AvgIpc) is 3.23. The van der Waals surface area contributed by atoms with Crippen LogP contribution in [-0.2, 0) is 14.8 Å². The van der Waals surface area contributed by atoms with Gasteiger partial charge in [-0.1, -0.05) is 13.3 Å². The lowest BCUT2D eigenvalue weighted by Gasteiger charge is -2.31.